The average molecular weight is 360 g/mol. The van der Waals surface area contributed by atoms with Crippen molar-refractivity contribution in [2.75, 3.05) is 7.11 Å². The van der Waals surface area contributed by atoms with Crippen molar-refractivity contribution in [1.29, 1.82) is 0 Å². The Hall–Kier alpha value is -1.27. The number of benzene rings is 2. The van der Waals surface area contributed by atoms with Crippen LogP contribution in [0.2, 0.25) is 10.0 Å². The maximum Gasteiger partial charge on any atom is 0.241 e. The van der Waals surface area contributed by atoms with Gasteiger partial charge in [-0.1, -0.05) is 35.3 Å². The summed E-state index contributed by atoms with van der Waals surface area (Å²) < 4.78 is 32.4. The lowest BCUT2D eigenvalue weighted by molar-refractivity contribution is 0.414. The van der Waals surface area contributed by atoms with Crippen molar-refractivity contribution in [3.05, 3.63) is 57.6 Å². The lowest BCUT2D eigenvalue weighted by atomic mass is 10.2. The Morgan fingerprint density at radius 2 is 1.68 bits per heavy atom. The first-order valence-corrected chi connectivity index (χ1v) is 8.65. The van der Waals surface area contributed by atoms with Crippen molar-refractivity contribution in [3.8, 4) is 5.75 Å². The Balaban J connectivity index is 2.19. The van der Waals surface area contributed by atoms with Gasteiger partial charge in [0.1, 0.15) is 5.75 Å². The monoisotopic (exact) mass is 359 g/mol. The largest absolute Gasteiger partial charge is 0.497 e. The summed E-state index contributed by atoms with van der Waals surface area (Å²) in [6.45, 7) is 1.84. The molecule has 2 rings (SSSR count). The Kier molecular flexibility index (Phi) is 5.34. The van der Waals surface area contributed by atoms with Crippen molar-refractivity contribution in [1.82, 2.24) is 4.72 Å². The quantitative estimate of drug-likeness (QED) is 0.883. The zero-order valence-electron chi connectivity index (χ0n) is 12.1. The summed E-state index contributed by atoms with van der Waals surface area (Å²) in [5, 5.41) is 0.533. The van der Waals surface area contributed by atoms with Crippen LogP contribution in [0.25, 0.3) is 0 Å². The highest BCUT2D eigenvalue weighted by Gasteiger charge is 2.18. The second-order valence-electron chi connectivity index (χ2n) is 4.70. The molecule has 0 amide bonds. The molecule has 0 saturated carbocycles. The van der Waals surface area contributed by atoms with Crippen LogP contribution in [0, 0.1) is 6.92 Å². The second kappa shape index (κ2) is 6.87. The van der Waals surface area contributed by atoms with Gasteiger partial charge in [-0.25, -0.2) is 13.1 Å². The van der Waals surface area contributed by atoms with Crippen LogP contribution in [0.5, 0.6) is 5.75 Å². The smallest absolute Gasteiger partial charge is 0.241 e. The van der Waals surface area contributed by atoms with Gasteiger partial charge in [0.2, 0.25) is 10.0 Å². The van der Waals surface area contributed by atoms with Crippen LogP contribution in [0.1, 0.15) is 11.1 Å². The Labute approximate surface area is 140 Å². The number of hydrogen-bond acceptors (Lipinski definition) is 3. The number of aryl methyl sites for hydroxylation is 1. The molecule has 0 aliphatic heterocycles. The van der Waals surface area contributed by atoms with Crippen LogP contribution >= 0.6 is 23.2 Å². The number of nitrogens with one attached hydrogen (secondary N) is 1. The number of rotatable bonds is 5. The molecule has 1 N–H and O–H groups in total. The lowest BCUT2D eigenvalue weighted by Crippen LogP contribution is -2.24. The molecule has 0 spiro atoms. The molecule has 0 unspecified atom stereocenters. The van der Waals surface area contributed by atoms with E-state index < -0.39 is 10.0 Å². The van der Waals surface area contributed by atoms with E-state index in [-0.39, 0.29) is 16.5 Å². The van der Waals surface area contributed by atoms with Crippen molar-refractivity contribution in [2.45, 2.75) is 18.4 Å². The molecule has 0 heterocycles. The van der Waals surface area contributed by atoms with E-state index in [4.69, 9.17) is 27.9 Å². The first-order chi connectivity index (χ1) is 10.3. The van der Waals surface area contributed by atoms with Crippen molar-refractivity contribution in [2.24, 2.45) is 0 Å². The van der Waals surface area contributed by atoms with Gasteiger partial charge < -0.3 is 4.74 Å². The van der Waals surface area contributed by atoms with Crippen molar-refractivity contribution in [3.63, 3.8) is 0 Å². The zero-order valence-corrected chi connectivity index (χ0v) is 14.4. The molecule has 0 aliphatic rings. The Bertz CT molecular complexity index is 774. The first-order valence-electron chi connectivity index (χ1n) is 6.42. The van der Waals surface area contributed by atoms with E-state index in [2.05, 4.69) is 4.72 Å². The molecule has 0 atom stereocenters. The minimum absolute atomic E-state index is 0.121. The first kappa shape index (κ1) is 17.1. The molecule has 7 heteroatoms. The summed E-state index contributed by atoms with van der Waals surface area (Å²) in [6, 6.07) is 10.0. The topological polar surface area (TPSA) is 55.4 Å². The summed E-state index contributed by atoms with van der Waals surface area (Å²) in [5.41, 5.74) is 1.36. The fourth-order valence-corrected chi connectivity index (χ4v) is 3.63. The summed E-state index contributed by atoms with van der Waals surface area (Å²) in [7, 11) is -2.09. The van der Waals surface area contributed by atoms with Gasteiger partial charge >= 0.3 is 0 Å². The van der Waals surface area contributed by atoms with E-state index in [1.807, 2.05) is 0 Å². The molecule has 4 nitrogen and oxygen atoms in total. The summed E-state index contributed by atoms with van der Waals surface area (Å²) >= 11 is 11.8. The van der Waals surface area contributed by atoms with Gasteiger partial charge in [0.05, 0.1) is 22.1 Å². The standard InChI is InChI=1S/C15H15Cl2NO3S/c1-10-7-13(16)14(17)8-15(10)22(19,20)18-9-11-3-5-12(21-2)6-4-11/h3-8,18H,9H2,1-2H3. The molecule has 0 fully saturated rings. The summed E-state index contributed by atoms with van der Waals surface area (Å²) in [4.78, 5) is 0.121. The van der Waals surface area contributed by atoms with Gasteiger partial charge in [-0.15, -0.1) is 0 Å². The minimum atomic E-state index is -3.67. The third-order valence-electron chi connectivity index (χ3n) is 3.13. The maximum atomic E-state index is 12.4. The van der Waals surface area contributed by atoms with E-state index in [1.165, 1.54) is 12.1 Å². The van der Waals surface area contributed by atoms with E-state index >= 15 is 0 Å². The Morgan fingerprint density at radius 1 is 1.09 bits per heavy atom. The normalized spacial score (nSPS) is 11.5. The molecule has 0 bridgehead atoms. The van der Waals surface area contributed by atoms with Crippen LogP contribution in [-0.2, 0) is 16.6 Å². The van der Waals surface area contributed by atoms with Crippen LogP contribution in [0.4, 0.5) is 0 Å². The fraction of sp³-hybridized carbons (Fsp3) is 0.200. The number of methoxy groups -OCH3 is 1. The highest BCUT2D eigenvalue weighted by Crippen LogP contribution is 2.28. The third-order valence-corrected chi connectivity index (χ3v) is 5.40. The third kappa shape index (κ3) is 3.93. The van der Waals surface area contributed by atoms with Crippen molar-refractivity contribution < 1.29 is 13.2 Å². The van der Waals surface area contributed by atoms with Gasteiger partial charge in [-0.05, 0) is 42.3 Å². The molecule has 22 heavy (non-hydrogen) atoms. The number of hydrogen-bond donors (Lipinski definition) is 1. The molecule has 118 valence electrons. The van der Waals surface area contributed by atoms with Crippen LogP contribution in [-0.4, -0.2) is 15.5 Å². The Morgan fingerprint density at radius 3 is 2.27 bits per heavy atom. The molecule has 0 aromatic heterocycles. The maximum absolute atomic E-state index is 12.4. The summed E-state index contributed by atoms with van der Waals surface area (Å²) in [6.07, 6.45) is 0. The van der Waals surface area contributed by atoms with Gasteiger partial charge in [0, 0.05) is 6.54 Å². The SMILES string of the molecule is COc1ccc(CNS(=O)(=O)c2cc(Cl)c(Cl)cc2C)cc1. The average Bonchev–Trinajstić information content (AvgIpc) is 2.49. The lowest BCUT2D eigenvalue weighted by Gasteiger charge is -2.11. The van der Waals surface area contributed by atoms with Gasteiger partial charge in [-0.3, -0.25) is 0 Å². The van der Waals surface area contributed by atoms with Crippen LogP contribution < -0.4 is 9.46 Å². The fourth-order valence-electron chi connectivity index (χ4n) is 1.92. The highest BCUT2D eigenvalue weighted by atomic mass is 35.5. The molecular formula is C15H15Cl2NO3S. The van der Waals surface area contributed by atoms with Crippen LogP contribution in [0.15, 0.2) is 41.3 Å². The van der Waals surface area contributed by atoms with E-state index in [9.17, 15) is 8.42 Å². The molecule has 0 saturated heterocycles. The van der Waals surface area contributed by atoms with E-state index in [0.29, 0.717) is 16.3 Å². The van der Waals surface area contributed by atoms with Gasteiger partial charge in [0.25, 0.3) is 0 Å². The van der Waals surface area contributed by atoms with Crippen LogP contribution in [0.3, 0.4) is 0 Å². The second-order valence-corrected chi connectivity index (χ2v) is 7.25. The number of halogens is 2. The summed E-state index contributed by atoms with van der Waals surface area (Å²) in [5.74, 6) is 0.715. The van der Waals surface area contributed by atoms with Gasteiger partial charge in [-0.2, -0.15) is 0 Å². The predicted octanol–water partition coefficient (Wildman–Crippen LogP) is 3.79. The molecule has 2 aromatic carbocycles. The minimum Gasteiger partial charge on any atom is -0.497 e. The number of sulfonamides is 1. The zero-order chi connectivity index (χ0) is 16.3. The molecule has 0 aliphatic carbocycles. The number of ether oxygens (including phenoxy) is 1. The predicted molar refractivity (Wildman–Crippen MR) is 88.2 cm³/mol. The van der Waals surface area contributed by atoms with Gasteiger partial charge in [0.15, 0.2) is 0 Å². The van der Waals surface area contributed by atoms with E-state index in [0.717, 1.165) is 5.56 Å². The van der Waals surface area contributed by atoms with E-state index in [1.54, 1.807) is 38.3 Å². The highest BCUT2D eigenvalue weighted by molar-refractivity contribution is 7.89. The molecular weight excluding hydrogens is 345 g/mol. The molecule has 2 aromatic rings. The van der Waals surface area contributed by atoms with Crippen molar-refractivity contribution >= 4 is 33.2 Å². The molecule has 0 radical (unpaired) electrons.